The molecule has 7 nitrogen and oxygen atoms in total. The van der Waals surface area contributed by atoms with Gasteiger partial charge in [-0.25, -0.2) is 9.78 Å². The van der Waals surface area contributed by atoms with Crippen LogP contribution in [0.5, 0.6) is 0 Å². The van der Waals surface area contributed by atoms with Gasteiger partial charge in [0.25, 0.3) is 5.56 Å². The van der Waals surface area contributed by atoms with Gasteiger partial charge in [0.1, 0.15) is 16.3 Å². The van der Waals surface area contributed by atoms with Gasteiger partial charge in [-0.15, -0.1) is 11.3 Å². The van der Waals surface area contributed by atoms with Crippen LogP contribution in [0.15, 0.2) is 29.3 Å². The van der Waals surface area contributed by atoms with Gasteiger partial charge in [0.15, 0.2) is 0 Å². The molecule has 0 fully saturated rings. The Morgan fingerprint density at radius 3 is 2.64 bits per heavy atom. The Kier molecular flexibility index (Phi) is 5.33. The van der Waals surface area contributed by atoms with E-state index in [9.17, 15) is 19.5 Å². The van der Waals surface area contributed by atoms with Crippen molar-refractivity contribution < 1.29 is 14.7 Å². The zero-order valence-electron chi connectivity index (χ0n) is 16.1. The van der Waals surface area contributed by atoms with Gasteiger partial charge in [-0.1, -0.05) is 32.0 Å². The van der Waals surface area contributed by atoms with Gasteiger partial charge in [-0.2, -0.15) is 0 Å². The van der Waals surface area contributed by atoms with Gasteiger partial charge in [-0.05, 0) is 36.5 Å². The molecule has 0 spiro atoms. The second-order valence-corrected chi connectivity index (χ2v) is 7.96. The number of hydrogen-bond acceptors (Lipinski definition) is 5. The minimum Gasteiger partial charge on any atom is -0.477 e. The molecule has 2 heterocycles. The maximum absolute atomic E-state index is 12.8. The molecule has 3 rings (SSSR count). The highest BCUT2D eigenvalue weighted by Gasteiger charge is 2.20. The molecule has 0 unspecified atom stereocenters. The number of nitrogens with one attached hydrogen (secondary N) is 1. The van der Waals surface area contributed by atoms with E-state index in [4.69, 9.17) is 0 Å². The molecule has 146 valence electrons. The average Bonchev–Trinajstić information content (AvgIpc) is 2.96. The third-order valence-corrected chi connectivity index (χ3v) is 5.80. The van der Waals surface area contributed by atoms with Crippen LogP contribution >= 0.6 is 11.3 Å². The van der Waals surface area contributed by atoms with Crippen LogP contribution in [0.3, 0.4) is 0 Å². The van der Waals surface area contributed by atoms with E-state index in [1.54, 1.807) is 6.92 Å². The van der Waals surface area contributed by atoms with Crippen molar-refractivity contribution in [3.8, 4) is 0 Å². The molecule has 0 bridgehead atoms. The molecule has 2 aromatic heterocycles. The van der Waals surface area contributed by atoms with E-state index >= 15 is 0 Å². The Balaban J connectivity index is 1.93. The van der Waals surface area contributed by atoms with Crippen molar-refractivity contribution in [1.29, 1.82) is 0 Å². The van der Waals surface area contributed by atoms with Crippen LogP contribution in [0, 0.1) is 13.8 Å². The predicted molar refractivity (Wildman–Crippen MR) is 109 cm³/mol. The largest absolute Gasteiger partial charge is 0.477 e. The molecule has 0 radical (unpaired) electrons. The number of fused-ring (bicyclic) bond motifs is 1. The summed E-state index contributed by atoms with van der Waals surface area (Å²) < 4.78 is 1.20. The zero-order chi connectivity index (χ0) is 20.6. The molecule has 1 amide bonds. The lowest BCUT2D eigenvalue weighted by molar-refractivity contribution is -0.116. The van der Waals surface area contributed by atoms with E-state index in [1.807, 2.05) is 39.0 Å². The van der Waals surface area contributed by atoms with Crippen LogP contribution in [-0.2, 0) is 11.3 Å². The standard InChI is InChI=1S/C20H21N3O4S/c1-10(2)13-7-5-6-11(3)16(13)22-14(24)8-23-9-21-18-15(19(23)25)12(4)17(28-18)20(26)27/h5-7,9-10H,8H2,1-4H3,(H,22,24)(H,26,27). The Morgan fingerprint density at radius 2 is 2.00 bits per heavy atom. The highest BCUT2D eigenvalue weighted by atomic mass is 32.1. The first-order valence-electron chi connectivity index (χ1n) is 8.82. The molecule has 8 heteroatoms. The van der Waals surface area contributed by atoms with Crippen molar-refractivity contribution in [2.24, 2.45) is 0 Å². The number of carbonyl (C=O) groups is 2. The van der Waals surface area contributed by atoms with E-state index in [0.717, 1.165) is 28.2 Å². The Hall–Kier alpha value is -3.00. The Labute approximate surface area is 165 Å². The van der Waals surface area contributed by atoms with Crippen LogP contribution in [-0.4, -0.2) is 26.5 Å². The van der Waals surface area contributed by atoms with E-state index in [2.05, 4.69) is 10.3 Å². The summed E-state index contributed by atoms with van der Waals surface area (Å²) in [5.41, 5.74) is 2.68. The number of benzene rings is 1. The number of anilines is 1. The molecule has 0 aliphatic heterocycles. The monoisotopic (exact) mass is 399 g/mol. The van der Waals surface area contributed by atoms with Crippen LogP contribution in [0.25, 0.3) is 10.2 Å². The number of carboxylic acid groups (broad SMARTS) is 1. The molecule has 2 N–H and O–H groups in total. The predicted octanol–water partition coefficient (Wildman–Crippen LogP) is 3.54. The van der Waals surface area contributed by atoms with Gasteiger partial charge in [-0.3, -0.25) is 14.2 Å². The minimum absolute atomic E-state index is 0.0864. The van der Waals surface area contributed by atoms with Crippen LogP contribution in [0.1, 0.15) is 46.1 Å². The van der Waals surface area contributed by atoms with Crippen LogP contribution in [0.4, 0.5) is 5.69 Å². The lowest BCUT2D eigenvalue weighted by Crippen LogP contribution is -2.28. The quantitative estimate of drug-likeness (QED) is 0.683. The number of aromatic carboxylic acids is 1. The number of amides is 1. The van der Waals surface area contributed by atoms with Crippen LogP contribution in [0.2, 0.25) is 0 Å². The molecule has 0 aliphatic carbocycles. The number of hydrogen-bond donors (Lipinski definition) is 2. The maximum Gasteiger partial charge on any atom is 0.346 e. The molecule has 1 aromatic carbocycles. The lowest BCUT2D eigenvalue weighted by Gasteiger charge is -2.16. The highest BCUT2D eigenvalue weighted by Crippen LogP contribution is 2.28. The van der Waals surface area contributed by atoms with Gasteiger partial charge < -0.3 is 10.4 Å². The summed E-state index contributed by atoms with van der Waals surface area (Å²) in [6.45, 7) is 7.39. The van der Waals surface area contributed by atoms with Crippen molar-refractivity contribution in [1.82, 2.24) is 9.55 Å². The summed E-state index contributed by atoms with van der Waals surface area (Å²) in [5, 5.41) is 12.4. The summed E-state index contributed by atoms with van der Waals surface area (Å²) in [4.78, 5) is 41.3. The zero-order valence-corrected chi connectivity index (χ0v) is 16.9. The Morgan fingerprint density at radius 1 is 1.29 bits per heavy atom. The highest BCUT2D eigenvalue weighted by molar-refractivity contribution is 7.20. The van der Waals surface area contributed by atoms with Crippen molar-refractivity contribution in [3.63, 3.8) is 0 Å². The topological polar surface area (TPSA) is 101 Å². The molecular weight excluding hydrogens is 378 g/mol. The SMILES string of the molecule is Cc1cccc(C(C)C)c1NC(=O)Cn1cnc2sc(C(=O)O)c(C)c2c1=O. The number of nitrogens with zero attached hydrogens (tertiary/aromatic N) is 2. The fourth-order valence-electron chi connectivity index (χ4n) is 3.15. The molecule has 0 aliphatic rings. The summed E-state index contributed by atoms with van der Waals surface area (Å²) in [5.74, 6) is -1.20. The molecule has 0 saturated heterocycles. The smallest absolute Gasteiger partial charge is 0.346 e. The van der Waals surface area contributed by atoms with Gasteiger partial charge in [0.2, 0.25) is 5.91 Å². The fraction of sp³-hybridized carbons (Fsp3) is 0.300. The van der Waals surface area contributed by atoms with Crippen molar-refractivity contribution in [2.75, 3.05) is 5.32 Å². The first-order chi connectivity index (χ1) is 13.2. The van der Waals surface area contributed by atoms with E-state index in [-0.39, 0.29) is 28.6 Å². The molecular formula is C20H21N3O4S. The fourth-order valence-corrected chi connectivity index (χ4v) is 4.13. The van der Waals surface area contributed by atoms with Crippen molar-refractivity contribution >= 4 is 39.1 Å². The van der Waals surface area contributed by atoms with E-state index in [1.165, 1.54) is 10.9 Å². The van der Waals surface area contributed by atoms with Gasteiger partial charge >= 0.3 is 5.97 Å². The molecule has 3 aromatic rings. The lowest BCUT2D eigenvalue weighted by atomic mass is 9.98. The summed E-state index contributed by atoms with van der Waals surface area (Å²) in [6.07, 6.45) is 1.28. The normalized spacial score (nSPS) is 11.2. The number of aryl methyl sites for hydroxylation is 2. The van der Waals surface area contributed by atoms with Gasteiger partial charge in [0, 0.05) is 5.69 Å². The first kappa shape index (κ1) is 19.8. The minimum atomic E-state index is -1.09. The van der Waals surface area contributed by atoms with Crippen LogP contribution < -0.4 is 10.9 Å². The maximum atomic E-state index is 12.8. The van der Waals surface area contributed by atoms with Gasteiger partial charge in [0.05, 0.1) is 11.7 Å². The number of carboxylic acids is 1. The third-order valence-electron chi connectivity index (χ3n) is 4.62. The number of carbonyl (C=O) groups excluding carboxylic acids is 1. The second kappa shape index (κ2) is 7.55. The number of rotatable bonds is 5. The summed E-state index contributed by atoms with van der Waals surface area (Å²) in [7, 11) is 0. The van der Waals surface area contributed by atoms with E-state index in [0.29, 0.717) is 10.4 Å². The second-order valence-electron chi connectivity index (χ2n) is 6.96. The molecule has 0 saturated carbocycles. The molecule has 28 heavy (non-hydrogen) atoms. The first-order valence-corrected chi connectivity index (χ1v) is 9.63. The van der Waals surface area contributed by atoms with E-state index < -0.39 is 11.5 Å². The summed E-state index contributed by atoms with van der Waals surface area (Å²) >= 11 is 0.959. The molecule has 0 atom stereocenters. The number of thiophene rings is 1. The summed E-state index contributed by atoms with van der Waals surface area (Å²) in [6, 6.07) is 5.83. The third kappa shape index (κ3) is 3.55. The van der Waals surface area contributed by atoms with Crippen molar-refractivity contribution in [3.05, 3.63) is 56.4 Å². The number of para-hydroxylation sites is 1. The number of aromatic nitrogens is 2. The Bertz CT molecular complexity index is 1140. The van der Waals surface area contributed by atoms with Crippen molar-refractivity contribution in [2.45, 2.75) is 40.2 Å². The average molecular weight is 399 g/mol.